The lowest BCUT2D eigenvalue weighted by Crippen LogP contribution is -2.38. The van der Waals surface area contributed by atoms with Crippen LogP contribution < -0.4 is 14.4 Å². The molecule has 4 aromatic rings. The van der Waals surface area contributed by atoms with E-state index in [0.29, 0.717) is 22.9 Å². The van der Waals surface area contributed by atoms with Crippen LogP contribution >= 0.6 is 11.3 Å². The molecule has 1 aliphatic heterocycles. The molecule has 33 heavy (non-hydrogen) atoms. The van der Waals surface area contributed by atoms with Crippen molar-refractivity contribution < 1.29 is 14.0 Å². The zero-order valence-corrected chi connectivity index (χ0v) is 19.9. The van der Waals surface area contributed by atoms with Gasteiger partial charge in [-0.15, -0.1) is 5.10 Å². The molecule has 0 aliphatic carbocycles. The molecule has 0 bridgehead atoms. The second-order valence-corrected chi connectivity index (χ2v) is 9.45. The van der Waals surface area contributed by atoms with Crippen molar-refractivity contribution in [3.8, 4) is 22.2 Å². The fourth-order valence-corrected chi connectivity index (χ4v) is 4.83. The Morgan fingerprint density at radius 3 is 2.70 bits per heavy atom. The van der Waals surface area contributed by atoms with Crippen LogP contribution in [0.4, 0.5) is 6.01 Å². The van der Waals surface area contributed by atoms with Crippen molar-refractivity contribution in [3.63, 3.8) is 0 Å². The second kappa shape index (κ2) is 8.97. The summed E-state index contributed by atoms with van der Waals surface area (Å²) in [5.41, 5.74) is 1.68. The second-order valence-electron chi connectivity index (χ2n) is 8.53. The lowest BCUT2D eigenvalue weighted by molar-refractivity contribution is 0.130. The Morgan fingerprint density at radius 2 is 2.00 bits per heavy atom. The molecular formula is C22H27N7O3S. The van der Waals surface area contributed by atoms with Crippen LogP contribution in [0.3, 0.4) is 0 Å². The lowest BCUT2D eigenvalue weighted by Gasteiger charge is -2.33. The molecule has 10 nitrogen and oxygen atoms in total. The monoisotopic (exact) mass is 469 g/mol. The summed E-state index contributed by atoms with van der Waals surface area (Å²) in [6.07, 6.45) is 7.33. The Bertz CT molecular complexity index is 1190. The standard InChI is InChI=1S/C22H27N7O3S/c1-13(2)19-25-20(32-27-19)28-9-6-15(7-10-28)14(3)31-22-26-29-12-17(24-21(29)33-22)16-5-8-23-11-18(16)30-4/h5,8,11-15H,6-7,9-10H2,1-4H3. The summed E-state index contributed by atoms with van der Waals surface area (Å²) in [6.45, 7) is 7.98. The average molecular weight is 470 g/mol. The summed E-state index contributed by atoms with van der Waals surface area (Å²) in [6, 6.07) is 2.50. The topological polar surface area (TPSA) is 104 Å². The van der Waals surface area contributed by atoms with E-state index < -0.39 is 0 Å². The zero-order chi connectivity index (χ0) is 22.9. The summed E-state index contributed by atoms with van der Waals surface area (Å²) >= 11 is 1.44. The van der Waals surface area contributed by atoms with E-state index >= 15 is 0 Å². The molecule has 1 unspecified atom stereocenters. The van der Waals surface area contributed by atoms with Gasteiger partial charge in [-0.05, 0) is 43.1 Å². The predicted octanol–water partition coefficient (Wildman–Crippen LogP) is 4.05. The number of hydrogen-bond donors (Lipinski definition) is 0. The van der Waals surface area contributed by atoms with Crippen LogP contribution in [0.2, 0.25) is 0 Å². The van der Waals surface area contributed by atoms with Gasteiger partial charge in [0.25, 0.3) is 5.19 Å². The minimum Gasteiger partial charge on any atom is -0.494 e. The van der Waals surface area contributed by atoms with Crippen molar-refractivity contribution in [2.75, 3.05) is 25.1 Å². The maximum absolute atomic E-state index is 6.21. The minimum absolute atomic E-state index is 0.0525. The van der Waals surface area contributed by atoms with E-state index in [0.717, 1.165) is 48.0 Å². The number of rotatable bonds is 7. The van der Waals surface area contributed by atoms with Gasteiger partial charge in [-0.1, -0.05) is 19.0 Å². The largest absolute Gasteiger partial charge is 0.494 e. The molecule has 1 aliphatic rings. The number of methoxy groups -OCH3 is 1. The number of nitrogens with zero attached hydrogens (tertiary/aromatic N) is 7. The first kappa shape index (κ1) is 21.6. The molecule has 0 aromatic carbocycles. The Morgan fingerprint density at radius 1 is 1.18 bits per heavy atom. The fourth-order valence-electron chi connectivity index (χ4n) is 4.02. The van der Waals surface area contributed by atoms with E-state index in [2.05, 4.69) is 45.9 Å². The maximum Gasteiger partial charge on any atom is 0.324 e. The lowest BCUT2D eigenvalue weighted by atomic mass is 9.92. The van der Waals surface area contributed by atoms with Gasteiger partial charge in [0, 0.05) is 30.8 Å². The molecule has 1 atom stereocenters. The normalized spacial score (nSPS) is 16.0. The van der Waals surface area contributed by atoms with Gasteiger partial charge in [-0.25, -0.2) is 9.50 Å². The summed E-state index contributed by atoms with van der Waals surface area (Å²) in [7, 11) is 1.62. The predicted molar refractivity (Wildman–Crippen MR) is 124 cm³/mol. The molecule has 0 N–H and O–H groups in total. The van der Waals surface area contributed by atoms with Crippen LogP contribution in [-0.4, -0.2) is 56.0 Å². The van der Waals surface area contributed by atoms with Crippen molar-refractivity contribution in [2.45, 2.75) is 45.6 Å². The number of imidazole rings is 1. The van der Waals surface area contributed by atoms with Crippen molar-refractivity contribution in [1.29, 1.82) is 0 Å². The van der Waals surface area contributed by atoms with E-state index in [4.69, 9.17) is 19.0 Å². The molecule has 1 fully saturated rings. The van der Waals surface area contributed by atoms with Crippen LogP contribution in [0.25, 0.3) is 16.2 Å². The molecular weight excluding hydrogens is 442 g/mol. The first-order valence-corrected chi connectivity index (χ1v) is 11.9. The van der Waals surface area contributed by atoms with E-state index in [1.54, 1.807) is 24.0 Å². The molecule has 11 heteroatoms. The van der Waals surface area contributed by atoms with Crippen LogP contribution in [0.5, 0.6) is 10.9 Å². The third-order valence-corrected chi connectivity index (χ3v) is 6.83. The molecule has 1 saturated heterocycles. The van der Waals surface area contributed by atoms with Crippen molar-refractivity contribution >= 4 is 22.3 Å². The summed E-state index contributed by atoms with van der Waals surface area (Å²) in [5, 5.41) is 9.28. The van der Waals surface area contributed by atoms with Gasteiger partial charge >= 0.3 is 6.01 Å². The van der Waals surface area contributed by atoms with Gasteiger partial charge in [0.05, 0.1) is 25.2 Å². The van der Waals surface area contributed by atoms with E-state index in [1.165, 1.54) is 11.3 Å². The number of pyridine rings is 1. The van der Waals surface area contributed by atoms with E-state index in [1.807, 2.05) is 12.3 Å². The fraction of sp³-hybridized carbons (Fsp3) is 0.500. The average Bonchev–Trinajstić information content (AvgIpc) is 3.54. The number of aromatic nitrogens is 6. The highest BCUT2D eigenvalue weighted by atomic mass is 32.1. The molecule has 0 radical (unpaired) electrons. The summed E-state index contributed by atoms with van der Waals surface area (Å²) in [4.78, 5) is 16.2. The van der Waals surface area contributed by atoms with Gasteiger partial charge in [0.2, 0.25) is 4.96 Å². The smallest absolute Gasteiger partial charge is 0.324 e. The Balaban J connectivity index is 1.21. The minimum atomic E-state index is 0.0525. The molecule has 5 rings (SSSR count). The van der Waals surface area contributed by atoms with Gasteiger partial charge in [0.15, 0.2) is 5.82 Å². The van der Waals surface area contributed by atoms with E-state index in [-0.39, 0.29) is 12.0 Å². The SMILES string of the molecule is COc1cnccc1-c1cn2nc(OC(C)C3CCN(c4nc(C(C)C)no4)CC3)sc2n1. The van der Waals surface area contributed by atoms with Crippen molar-refractivity contribution in [1.82, 2.24) is 29.7 Å². The van der Waals surface area contributed by atoms with Gasteiger partial charge in [0.1, 0.15) is 11.9 Å². The maximum atomic E-state index is 6.21. The van der Waals surface area contributed by atoms with Gasteiger partial charge in [-0.3, -0.25) is 4.98 Å². The van der Waals surface area contributed by atoms with Crippen LogP contribution in [0.1, 0.15) is 45.4 Å². The molecule has 174 valence electrons. The zero-order valence-electron chi connectivity index (χ0n) is 19.1. The van der Waals surface area contributed by atoms with Crippen molar-refractivity contribution in [2.24, 2.45) is 5.92 Å². The third-order valence-electron chi connectivity index (χ3n) is 6.01. The number of piperidine rings is 1. The quantitative estimate of drug-likeness (QED) is 0.396. The van der Waals surface area contributed by atoms with Gasteiger partial charge in [-0.2, -0.15) is 4.98 Å². The molecule has 5 heterocycles. The summed E-state index contributed by atoms with van der Waals surface area (Å²) < 4.78 is 18.8. The first-order valence-electron chi connectivity index (χ1n) is 11.1. The highest BCUT2D eigenvalue weighted by Crippen LogP contribution is 2.32. The van der Waals surface area contributed by atoms with Crippen LogP contribution in [-0.2, 0) is 0 Å². The Kier molecular flexibility index (Phi) is 5.88. The first-order chi connectivity index (χ1) is 16.0. The van der Waals surface area contributed by atoms with Gasteiger partial charge < -0.3 is 18.9 Å². The Labute approximate surface area is 195 Å². The van der Waals surface area contributed by atoms with Crippen molar-refractivity contribution in [3.05, 3.63) is 30.5 Å². The van der Waals surface area contributed by atoms with Crippen LogP contribution in [0, 0.1) is 5.92 Å². The molecule has 0 spiro atoms. The number of anilines is 1. The number of hydrogen-bond acceptors (Lipinski definition) is 10. The number of fused-ring (bicyclic) bond motifs is 1. The molecule has 0 amide bonds. The summed E-state index contributed by atoms with van der Waals surface area (Å²) in [5.74, 6) is 2.13. The molecule has 4 aromatic heterocycles. The Hall–Kier alpha value is -3.21. The third kappa shape index (κ3) is 4.37. The van der Waals surface area contributed by atoms with E-state index in [9.17, 15) is 0 Å². The highest BCUT2D eigenvalue weighted by molar-refractivity contribution is 7.18. The molecule has 0 saturated carbocycles. The number of ether oxygens (including phenoxy) is 2. The van der Waals surface area contributed by atoms with Crippen LogP contribution in [0.15, 0.2) is 29.2 Å². The highest BCUT2D eigenvalue weighted by Gasteiger charge is 2.28.